The number of amides is 1. The monoisotopic (exact) mass is 349 g/mol. The van der Waals surface area contributed by atoms with Crippen molar-refractivity contribution in [3.63, 3.8) is 0 Å². The average molecular weight is 349 g/mol. The van der Waals surface area contributed by atoms with E-state index >= 15 is 0 Å². The molecule has 1 aromatic carbocycles. The van der Waals surface area contributed by atoms with E-state index in [-0.39, 0.29) is 11.5 Å². The van der Waals surface area contributed by atoms with Crippen LogP contribution in [0.4, 0.5) is 5.88 Å². The van der Waals surface area contributed by atoms with Crippen molar-refractivity contribution in [2.75, 3.05) is 0 Å². The zero-order valence-electron chi connectivity index (χ0n) is 13.2. The molecule has 0 saturated carbocycles. The number of nitrogens with zero attached hydrogens (tertiary/aromatic N) is 4. The molecule has 1 N–H and O–H groups in total. The van der Waals surface area contributed by atoms with Crippen molar-refractivity contribution in [2.24, 2.45) is 5.10 Å². The number of nitrogens with one attached hydrogen (secondary N) is 1. The first-order valence-corrected chi connectivity index (χ1v) is 7.56. The minimum Gasteiger partial charge on any atom is -0.400 e. The van der Waals surface area contributed by atoms with Gasteiger partial charge in [-0.3, -0.25) is 14.9 Å². The van der Waals surface area contributed by atoms with E-state index in [1.807, 2.05) is 36.5 Å². The first-order valence-electron chi connectivity index (χ1n) is 7.56. The molecule has 9 heteroatoms. The lowest BCUT2D eigenvalue weighted by atomic mass is 10.2. The number of fused-ring (bicyclic) bond motifs is 3. The molecule has 0 bridgehead atoms. The van der Waals surface area contributed by atoms with E-state index in [0.29, 0.717) is 5.65 Å². The molecule has 4 aromatic rings. The summed E-state index contributed by atoms with van der Waals surface area (Å²) in [5.41, 5.74) is 3.18. The highest BCUT2D eigenvalue weighted by Gasteiger charge is 2.13. The number of imidazole rings is 1. The minimum absolute atomic E-state index is 0.151. The van der Waals surface area contributed by atoms with Crippen molar-refractivity contribution in [1.29, 1.82) is 0 Å². The molecule has 0 unspecified atom stereocenters. The summed E-state index contributed by atoms with van der Waals surface area (Å²) in [5, 5.41) is 16.2. The predicted molar refractivity (Wildman–Crippen MR) is 93.1 cm³/mol. The maximum absolute atomic E-state index is 12.2. The van der Waals surface area contributed by atoms with Crippen molar-refractivity contribution in [3.8, 4) is 0 Å². The summed E-state index contributed by atoms with van der Waals surface area (Å²) in [5.74, 6) is -0.752. The van der Waals surface area contributed by atoms with Crippen LogP contribution in [-0.4, -0.2) is 26.4 Å². The zero-order chi connectivity index (χ0) is 18.1. The summed E-state index contributed by atoms with van der Waals surface area (Å²) in [6.45, 7) is 0. The third-order valence-electron chi connectivity index (χ3n) is 3.73. The van der Waals surface area contributed by atoms with E-state index in [4.69, 9.17) is 4.42 Å². The summed E-state index contributed by atoms with van der Waals surface area (Å²) in [7, 11) is 0. The molecular formula is C17H11N5O4. The van der Waals surface area contributed by atoms with Crippen LogP contribution in [0, 0.1) is 10.1 Å². The maximum Gasteiger partial charge on any atom is 0.433 e. The van der Waals surface area contributed by atoms with Gasteiger partial charge in [0.25, 0.3) is 5.91 Å². The van der Waals surface area contributed by atoms with Crippen LogP contribution in [0.15, 0.2) is 64.4 Å². The number of aromatic nitrogens is 2. The number of benzene rings is 1. The summed E-state index contributed by atoms with van der Waals surface area (Å²) < 4.78 is 6.67. The van der Waals surface area contributed by atoms with Gasteiger partial charge in [-0.05, 0) is 17.5 Å². The molecule has 0 aliphatic carbocycles. The van der Waals surface area contributed by atoms with Gasteiger partial charge in [-0.1, -0.05) is 24.3 Å². The molecule has 0 saturated heterocycles. The fourth-order valence-corrected chi connectivity index (χ4v) is 2.54. The second kappa shape index (κ2) is 6.13. The summed E-state index contributed by atoms with van der Waals surface area (Å²) >= 11 is 0. The standard InChI is InChI=1S/C17H11N5O4/c23-17(20-18-9-12-5-6-15(26-12)22(24)25)14-10-21-8-7-11-3-1-2-4-13(11)16(21)19-14/h1-10H,(H,20,23). The Kier molecular flexibility index (Phi) is 3.66. The van der Waals surface area contributed by atoms with Gasteiger partial charge in [-0.25, -0.2) is 10.4 Å². The van der Waals surface area contributed by atoms with E-state index in [0.717, 1.165) is 10.8 Å². The third-order valence-corrected chi connectivity index (χ3v) is 3.73. The van der Waals surface area contributed by atoms with E-state index < -0.39 is 16.7 Å². The van der Waals surface area contributed by atoms with Gasteiger partial charge in [0.1, 0.15) is 16.3 Å². The Labute approximate surface area is 145 Å². The zero-order valence-corrected chi connectivity index (χ0v) is 13.2. The SMILES string of the molecule is O=C(NN=Cc1ccc([N+](=O)[O-])o1)c1cn2ccc3ccccc3c2n1. The lowest BCUT2D eigenvalue weighted by Crippen LogP contribution is -2.17. The normalized spacial score (nSPS) is 11.4. The van der Waals surface area contributed by atoms with Crippen LogP contribution < -0.4 is 5.43 Å². The number of carbonyl (C=O) groups excluding carboxylic acids is 1. The lowest BCUT2D eigenvalue weighted by Gasteiger charge is -1.98. The number of nitro groups is 1. The van der Waals surface area contributed by atoms with Crippen LogP contribution in [0.1, 0.15) is 16.2 Å². The second-order valence-corrected chi connectivity index (χ2v) is 5.39. The molecule has 0 atom stereocenters. The van der Waals surface area contributed by atoms with E-state index in [1.165, 1.54) is 18.3 Å². The number of hydrogen-bond donors (Lipinski definition) is 1. The molecule has 4 rings (SSSR count). The smallest absolute Gasteiger partial charge is 0.400 e. The highest BCUT2D eigenvalue weighted by atomic mass is 16.6. The number of pyridine rings is 1. The highest BCUT2D eigenvalue weighted by molar-refractivity contribution is 5.98. The molecule has 0 spiro atoms. The van der Waals surface area contributed by atoms with Gasteiger partial charge in [-0.2, -0.15) is 5.10 Å². The number of furan rings is 1. The van der Waals surface area contributed by atoms with E-state index in [9.17, 15) is 14.9 Å². The van der Waals surface area contributed by atoms with Gasteiger partial charge in [-0.15, -0.1) is 0 Å². The van der Waals surface area contributed by atoms with Crippen LogP contribution in [0.2, 0.25) is 0 Å². The highest BCUT2D eigenvalue weighted by Crippen LogP contribution is 2.19. The molecule has 128 valence electrons. The molecule has 0 radical (unpaired) electrons. The Morgan fingerprint density at radius 3 is 2.92 bits per heavy atom. The Morgan fingerprint density at radius 1 is 1.27 bits per heavy atom. The number of hydrazone groups is 1. The molecule has 3 heterocycles. The predicted octanol–water partition coefficient (Wildman–Crippen LogP) is 2.75. The largest absolute Gasteiger partial charge is 0.433 e. The topological polar surface area (TPSA) is 115 Å². The van der Waals surface area contributed by atoms with Crippen molar-refractivity contribution in [1.82, 2.24) is 14.8 Å². The minimum atomic E-state index is -0.656. The van der Waals surface area contributed by atoms with Crippen molar-refractivity contribution in [3.05, 3.63) is 76.4 Å². The Bertz CT molecular complexity index is 1170. The van der Waals surface area contributed by atoms with Gasteiger partial charge in [0.2, 0.25) is 0 Å². The van der Waals surface area contributed by atoms with Gasteiger partial charge >= 0.3 is 5.88 Å². The molecule has 26 heavy (non-hydrogen) atoms. The van der Waals surface area contributed by atoms with Crippen molar-refractivity contribution in [2.45, 2.75) is 0 Å². The Hall–Kier alpha value is -4.01. The maximum atomic E-state index is 12.2. The summed E-state index contributed by atoms with van der Waals surface area (Å²) in [6, 6.07) is 12.3. The molecule has 1 amide bonds. The third kappa shape index (κ3) is 2.77. The molecular weight excluding hydrogens is 338 g/mol. The van der Waals surface area contributed by atoms with Crippen LogP contribution in [-0.2, 0) is 0 Å². The molecule has 0 aliphatic heterocycles. The fraction of sp³-hybridized carbons (Fsp3) is 0. The Morgan fingerprint density at radius 2 is 2.12 bits per heavy atom. The van der Waals surface area contributed by atoms with Crippen molar-refractivity contribution >= 4 is 34.4 Å². The number of carbonyl (C=O) groups is 1. The number of rotatable bonds is 4. The van der Waals surface area contributed by atoms with Gasteiger partial charge in [0.15, 0.2) is 5.76 Å². The molecule has 3 aromatic heterocycles. The summed E-state index contributed by atoms with van der Waals surface area (Å²) in [4.78, 5) is 26.5. The first-order chi connectivity index (χ1) is 12.6. The van der Waals surface area contributed by atoms with Gasteiger partial charge in [0, 0.05) is 17.8 Å². The number of hydrogen-bond acceptors (Lipinski definition) is 6. The van der Waals surface area contributed by atoms with Gasteiger partial charge in [0.05, 0.1) is 12.3 Å². The van der Waals surface area contributed by atoms with E-state index in [1.54, 1.807) is 10.6 Å². The van der Waals surface area contributed by atoms with Crippen LogP contribution in [0.5, 0.6) is 0 Å². The van der Waals surface area contributed by atoms with Crippen molar-refractivity contribution < 1.29 is 14.1 Å². The Balaban J connectivity index is 1.55. The average Bonchev–Trinajstić information content (AvgIpc) is 3.28. The summed E-state index contributed by atoms with van der Waals surface area (Å²) in [6.07, 6.45) is 4.60. The molecule has 9 nitrogen and oxygen atoms in total. The van der Waals surface area contributed by atoms with Crippen LogP contribution in [0.3, 0.4) is 0 Å². The van der Waals surface area contributed by atoms with Gasteiger partial charge < -0.3 is 8.82 Å². The van der Waals surface area contributed by atoms with Crippen LogP contribution in [0.25, 0.3) is 16.4 Å². The van der Waals surface area contributed by atoms with Crippen LogP contribution >= 0.6 is 0 Å². The molecule has 0 fully saturated rings. The molecule has 0 aliphatic rings. The van der Waals surface area contributed by atoms with E-state index in [2.05, 4.69) is 15.5 Å². The second-order valence-electron chi connectivity index (χ2n) is 5.39. The first kappa shape index (κ1) is 15.5. The lowest BCUT2D eigenvalue weighted by molar-refractivity contribution is -0.402. The quantitative estimate of drug-likeness (QED) is 0.345. The fourth-order valence-electron chi connectivity index (χ4n) is 2.54.